The lowest BCUT2D eigenvalue weighted by atomic mass is 10.2. The summed E-state index contributed by atoms with van der Waals surface area (Å²) in [4.78, 5) is 23.2. The first-order valence-corrected chi connectivity index (χ1v) is 8.66. The van der Waals surface area contributed by atoms with Gasteiger partial charge in [0.1, 0.15) is 6.04 Å². The van der Waals surface area contributed by atoms with Crippen molar-refractivity contribution in [2.24, 2.45) is 0 Å². The second-order valence-electron chi connectivity index (χ2n) is 5.79. The first-order chi connectivity index (χ1) is 12.8. The van der Waals surface area contributed by atoms with Crippen molar-refractivity contribution in [3.05, 3.63) is 64.0 Å². The number of carbonyl (C=O) groups is 2. The summed E-state index contributed by atoms with van der Waals surface area (Å²) in [5.74, 6) is -1.16. The molecule has 2 aromatic heterocycles. The van der Waals surface area contributed by atoms with E-state index in [9.17, 15) is 9.59 Å². The number of carboxylic acid groups (broad SMARTS) is 1. The van der Waals surface area contributed by atoms with Gasteiger partial charge in [0.2, 0.25) is 5.91 Å². The van der Waals surface area contributed by atoms with E-state index in [2.05, 4.69) is 15.5 Å². The molecule has 3 rings (SSSR count). The maximum atomic E-state index is 12.3. The van der Waals surface area contributed by atoms with Gasteiger partial charge in [0.05, 0.1) is 6.54 Å². The first-order valence-electron chi connectivity index (χ1n) is 7.90. The second kappa shape index (κ2) is 7.81. The molecule has 0 aliphatic heterocycles. The number of hydrogen-bond donors (Lipinski definition) is 2. The van der Waals surface area contributed by atoms with Gasteiger partial charge in [-0.1, -0.05) is 29.3 Å². The molecule has 0 aliphatic rings. The number of aromatic carboxylic acids is 1. The molecule has 0 saturated heterocycles. The predicted molar refractivity (Wildman–Crippen MR) is 100 cm³/mol. The molecule has 2 heterocycles. The minimum absolute atomic E-state index is 0.126. The van der Waals surface area contributed by atoms with Crippen LogP contribution in [0.2, 0.25) is 10.0 Å². The fourth-order valence-corrected chi connectivity index (χ4v) is 2.83. The van der Waals surface area contributed by atoms with Gasteiger partial charge >= 0.3 is 5.97 Å². The number of hydrogen-bond acceptors (Lipinski definition) is 4. The minimum atomic E-state index is -1.15. The molecule has 1 atom stereocenters. The third kappa shape index (κ3) is 4.47. The van der Waals surface area contributed by atoms with Crippen molar-refractivity contribution in [3.63, 3.8) is 0 Å². The molecular formula is C17H15Cl2N5O3. The molecule has 0 saturated carbocycles. The monoisotopic (exact) mass is 407 g/mol. The molecule has 0 fully saturated rings. The Balaban J connectivity index is 1.65. The van der Waals surface area contributed by atoms with E-state index in [0.29, 0.717) is 22.4 Å². The van der Waals surface area contributed by atoms with Gasteiger partial charge in [-0.15, -0.1) is 0 Å². The molecule has 0 bridgehead atoms. The van der Waals surface area contributed by atoms with Crippen LogP contribution in [-0.2, 0) is 11.3 Å². The zero-order valence-corrected chi connectivity index (χ0v) is 15.6. The van der Waals surface area contributed by atoms with Crippen LogP contribution in [0.3, 0.4) is 0 Å². The highest BCUT2D eigenvalue weighted by molar-refractivity contribution is 6.35. The molecule has 0 radical (unpaired) electrons. The summed E-state index contributed by atoms with van der Waals surface area (Å²) in [6, 6.07) is 7.49. The Morgan fingerprint density at radius 2 is 1.96 bits per heavy atom. The number of benzene rings is 1. The molecule has 27 heavy (non-hydrogen) atoms. The fourth-order valence-electron chi connectivity index (χ4n) is 2.36. The third-order valence-corrected chi connectivity index (χ3v) is 4.43. The number of nitrogens with one attached hydrogen (secondary N) is 1. The molecule has 8 nitrogen and oxygen atoms in total. The smallest absolute Gasteiger partial charge is 0.356 e. The van der Waals surface area contributed by atoms with E-state index in [1.165, 1.54) is 16.9 Å². The lowest BCUT2D eigenvalue weighted by molar-refractivity contribution is -0.119. The number of amides is 1. The first kappa shape index (κ1) is 18.9. The van der Waals surface area contributed by atoms with Crippen LogP contribution in [0, 0.1) is 0 Å². The van der Waals surface area contributed by atoms with Crippen molar-refractivity contribution < 1.29 is 14.7 Å². The van der Waals surface area contributed by atoms with Gasteiger partial charge < -0.3 is 10.4 Å². The lowest BCUT2D eigenvalue weighted by Gasteiger charge is -2.11. The van der Waals surface area contributed by atoms with Crippen molar-refractivity contribution in [3.8, 4) is 0 Å². The van der Waals surface area contributed by atoms with Gasteiger partial charge in [0.15, 0.2) is 11.5 Å². The lowest BCUT2D eigenvalue weighted by Crippen LogP contribution is -2.24. The predicted octanol–water partition coefficient (Wildman–Crippen LogP) is 3.33. The number of halogens is 2. The molecule has 140 valence electrons. The summed E-state index contributed by atoms with van der Waals surface area (Å²) >= 11 is 12.0. The molecular weight excluding hydrogens is 393 g/mol. The van der Waals surface area contributed by atoms with Crippen LogP contribution in [-0.4, -0.2) is 36.5 Å². The van der Waals surface area contributed by atoms with E-state index in [4.69, 9.17) is 28.3 Å². The topological polar surface area (TPSA) is 102 Å². The Morgan fingerprint density at radius 3 is 2.63 bits per heavy atom. The van der Waals surface area contributed by atoms with Crippen molar-refractivity contribution in [2.75, 3.05) is 5.32 Å². The van der Waals surface area contributed by atoms with Crippen LogP contribution in [0.4, 0.5) is 5.82 Å². The van der Waals surface area contributed by atoms with E-state index in [1.54, 1.807) is 36.0 Å². The van der Waals surface area contributed by atoms with E-state index < -0.39 is 12.0 Å². The second-order valence-corrected chi connectivity index (χ2v) is 6.63. The van der Waals surface area contributed by atoms with E-state index in [-0.39, 0.29) is 11.6 Å². The Hall–Kier alpha value is -2.84. The summed E-state index contributed by atoms with van der Waals surface area (Å²) in [5, 5.41) is 20.8. The average molecular weight is 408 g/mol. The van der Waals surface area contributed by atoms with Crippen molar-refractivity contribution in [2.45, 2.75) is 19.5 Å². The zero-order valence-electron chi connectivity index (χ0n) is 14.1. The molecule has 3 aromatic rings. The zero-order chi connectivity index (χ0) is 19.6. The maximum Gasteiger partial charge on any atom is 0.356 e. The minimum Gasteiger partial charge on any atom is -0.476 e. The molecule has 2 N–H and O–H groups in total. The van der Waals surface area contributed by atoms with E-state index in [1.807, 2.05) is 6.07 Å². The van der Waals surface area contributed by atoms with Crippen LogP contribution < -0.4 is 5.32 Å². The largest absolute Gasteiger partial charge is 0.476 e. The molecule has 1 aromatic carbocycles. The van der Waals surface area contributed by atoms with Crippen LogP contribution in [0.5, 0.6) is 0 Å². The van der Waals surface area contributed by atoms with E-state index >= 15 is 0 Å². The summed E-state index contributed by atoms with van der Waals surface area (Å²) in [6.45, 7) is 2.03. The normalized spacial score (nSPS) is 12.0. The SMILES string of the molecule is CC(C(=O)Nc1ccn(Cc2ccc(Cl)cc2Cl)n1)n1ccc(C(=O)O)n1. The van der Waals surface area contributed by atoms with Gasteiger partial charge in [-0.25, -0.2) is 4.79 Å². The number of aromatic nitrogens is 4. The Labute approximate surface area is 164 Å². The number of nitrogens with zero attached hydrogens (tertiary/aromatic N) is 4. The van der Waals surface area contributed by atoms with Crippen molar-refractivity contribution >= 4 is 40.9 Å². The number of carbonyl (C=O) groups excluding carboxylic acids is 1. The standard InChI is InChI=1S/C17H15Cl2N5O3/c1-10(24-7-4-14(21-24)17(26)27)16(25)20-15-5-6-23(22-15)9-11-2-3-12(18)8-13(11)19/h2-8,10H,9H2,1H3,(H,26,27)(H,20,22,25). The van der Waals surface area contributed by atoms with Gasteiger partial charge in [-0.2, -0.15) is 10.2 Å². The summed E-state index contributed by atoms with van der Waals surface area (Å²) in [6.07, 6.45) is 3.15. The van der Waals surface area contributed by atoms with Crippen LogP contribution >= 0.6 is 23.2 Å². The van der Waals surface area contributed by atoms with Gasteiger partial charge in [-0.3, -0.25) is 14.2 Å². The highest BCUT2D eigenvalue weighted by Crippen LogP contribution is 2.22. The Kier molecular flexibility index (Phi) is 5.48. The quantitative estimate of drug-likeness (QED) is 0.652. The third-order valence-electron chi connectivity index (χ3n) is 3.84. The molecule has 0 aliphatic carbocycles. The summed E-state index contributed by atoms with van der Waals surface area (Å²) in [5.41, 5.74) is 0.715. The van der Waals surface area contributed by atoms with Crippen molar-refractivity contribution in [1.82, 2.24) is 19.6 Å². The molecule has 0 spiro atoms. The van der Waals surface area contributed by atoms with Crippen LogP contribution in [0.15, 0.2) is 42.7 Å². The van der Waals surface area contributed by atoms with Gasteiger partial charge in [-0.05, 0) is 30.7 Å². The molecule has 1 amide bonds. The fraction of sp³-hybridized carbons (Fsp3) is 0.176. The van der Waals surface area contributed by atoms with Crippen molar-refractivity contribution in [1.29, 1.82) is 0 Å². The van der Waals surface area contributed by atoms with Crippen LogP contribution in [0.25, 0.3) is 0 Å². The van der Waals surface area contributed by atoms with E-state index in [0.717, 1.165) is 5.56 Å². The Morgan fingerprint density at radius 1 is 1.19 bits per heavy atom. The summed E-state index contributed by atoms with van der Waals surface area (Å²) < 4.78 is 2.91. The highest BCUT2D eigenvalue weighted by Gasteiger charge is 2.18. The number of anilines is 1. The van der Waals surface area contributed by atoms with Gasteiger partial charge in [0.25, 0.3) is 0 Å². The summed E-state index contributed by atoms with van der Waals surface area (Å²) in [7, 11) is 0. The number of rotatable bonds is 6. The average Bonchev–Trinajstić information content (AvgIpc) is 3.26. The highest BCUT2D eigenvalue weighted by atomic mass is 35.5. The van der Waals surface area contributed by atoms with Gasteiger partial charge in [0, 0.05) is 28.5 Å². The maximum absolute atomic E-state index is 12.3. The molecule has 10 heteroatoms. The Bertz CT molecular complexity index is 998. The molecule has 1 unspecified atom stereocenters. The number of carboxylic acids is 1. The van der Waals surface area contributed by atoms with Crippen LogP contribution in [0.1, 0.15) is 29.0 Å².